The number of ether oxygens (including phenoxy) is 3. The number of rotatable bonds is 8. The fraction of sp³-hybridized carbons (Fsp3) is 0.316. The van der Waals surface area contributed by atoms with Crippen molar-refractivity contribution < 1.29 is 27.4 Å². The third-order valence-electron chi connectivity index (χ3n) is 4.54. The number of hydrogen-bond donors (Lipinski definition) is 1. The molecule has 0 radical (unpaired) electrons. The van der Waals surface area contributed by atoms with Crippen molar-refractivity contribution in [1.29, 1.82) is 0 Å². The van der Waals surface area contributed by atoms with Gasteiger partial charge < -0.3 is 19.9 Å². The summed E-state index contributed by atoms with van der Waals surface area (Å²) in [6, 6.07) is 9.55. The summed E-state index contributed by atoms with van der Waals surface area (Å²) in [5.74, 6) is 0.167. The quantitative estimate of drug-likeness (QED) is 0.666. The van der Waals surface area contributed by atoms with Gasteiger partial charge in [0.25, 0.3) is 0 Å². The maximum Gasteiger partial charge on any atom is 0.249 e. The lowest BCUT2D eigenvalue weighted by Crippen LogP contribution is -2.26. The molecule has 0 aromatic heterocycles. The Morgan fingerprint density at radius 1 is 1.11 bits per heavy atom. The SMILES string of the molecule is COCCOc1cc(S(=O)(=O)N2Cc3cccc(C(N)=O)c3C2)ccc1OC. The second kappa shape index (κ2) is 8.17. The van der Waals surface area contributed by atoms with E-state index in [-0.39, 0.29) is 24.6 Å². The van der Waals surface area contributed by atoms with E-state index >= 15 is 0 Å². The van der Waals surface area contributed by atoms with E-state index in [9.17, 15) is 13.2 Å². The van der Waals surface area contributed by atoms with Gasteiger partial charge in [0.1, 0.15) is 6.61 Å². The topological polar surface area (TPSA) is 108 Å². The second-order valence-corrected chi connectivity index (χ2v) is 8.17. The van der Waals surface area contributed by atoms with Gasteiger partial charge in [0.15, 0.2) is 11.5 Å². The highest BCUT2D eigenvalue weighted by atomic mass is 32.2. The number of carbonyl (C=O) groups is 1. The van der Waals surface area contributed by atoms with Crippen molar-refractivity contribution in [2.75, 3.05) is 27.4 Å². The fourth-order valence-electron chi connectivity index (χ4n) is 3.11. The maximum atomic E-state index is 13.2. The van der Waals surface area contributed by atoms with Crippen molar-refractivity contribution in [3.05, 3.63) is 53.1 Å². The summed E-state index contributed by atoms with van der Waals surface area (Å²) >= 11 is 0. The molecule has 0 bridgehead atoms. The van der Waals surface area contributed by atoms with E-state index in [1.54, 1.807) is 31.4 Å². The Bertz CT molecular complexity index is 990. The molecule has 0 aliphatic carbocycles. The van der Waals surface area contributed by atoms with Crippen LogP contribution in [0.4, 0.5) is 0 Å². The van der Waals surface area contributed by atoms with Crippen LogP contribution in [0.1, 0.15) is 21.5 Å². The van der Waals surface area contributed by atoms with Gasteiger partial charge >= 0.3 is 0 Å². The number of nitrogens with zero attached hydrogens (tertiary/aromatic N) is 1. The number of hydrogen-bond acceptors (Lipinski definition) is 6. The van der Waals surface area contributed by atoms with Gasteiger partial charge in [-0.3, -0.25) is 4.79 Å². The van der Waals surface area contributed by atoms with Gasteiger partial charge in [0.2, 0.25) is 15.9 Å². The normalized spacial score (nSPS) is 13.9. The van der Waals surface area contributed by atoms with Gasteiger partial charge in [-0.15, -0.1) is 0 Å². The second-order valence-electron chi connectivity index (χ2n) is 6.23. The Morgan fingerprint density at radius 2 is 1.89 bits per heavy atom. The number of nitrogens with two attached hydrogens (primary N) is 1. The van der Waals surface area contributed by atoms with Crippen LogP contribution in [0.25, 0.3) is 0 Å². The molecule has 0 fully saturated rings. The lowest BCUT2D eigenvalue weighted by atomic mass is 10.0. The third-order valence-corrected chi connectivity index (χ3v) is 6.33. The first-order valence-corrected chi connectivity index (χ1v) is 10.0. The highest BCUT2D eigenvalue weighted by Gasteiger charge is 2.33. The third kappa shape index (κ3) is 3.82. The van der Waals surface area contributed by atoms with Crippen LogP contribution < -0.4 is 15.2 Å². The molecule has 3 rings (SSSR count). The standard InChI is InChI=1S/C19H22N2O6S/c1-25-8-9-27-18-10-14(6-7-17(18)26-2)28(23,24)21-11-13-4-3-5-15(19(20)22)16(13)12-21/h3-7,10H,8-9,11-12H2,1-2H3,(H2,20,22). The van der Waals surface area contributed by atoms with Crippen LogP contribution in [-0.2, 0) is 27.8 Å². The zero-order chi connectivity index (χ0) is 20.3. The summed E-state index contributed by atoms with van der Waals surface area (Å²) < 4.78 is 43.4. The maximum absolute atomic E-state index is 13.2. The molecule has 0 saturated heterocycles. The number of primary amides is 1. The lowest BCUT2D eigenvalue weighted by Gasteiger charge is -2.17. The van der Waals surface area contributed by atoms with E-state index in [1.807, 2.05) is 0 Å². The molecule has 0 saturated carbocycles. The zero-order valence-electron chi connectivity index (χ0n) is 15.7. The number of methoxy groups -OCH3 is 2. The summed E-state index contributed by atoms with van der Waals surface area (Å²) in [4.78, 5) is 11.7. The predicted octanol–water partition coefficient (Wildman–Crippen LogP) is 1.52. The molecule has 2 N–H and O–H groups in total. The Morgan fingerprint density at radius 3 is 2.57 bits per heavy atom. The predicted molar refractivity (Wildman–Crippen MR) is 102 cm³/mol. The smallest absolute Gasteiger partial charge is 0.249 e. The Kier molecular flexibility index (Phi) is 5.87. The molecule has 1 amide bonds. The number of sulfonamides is 1. The molecule has 150 valence electrons. The Labute approximate surface area is 163 Å². The van der Waals surface area contributed by atoms with Crippen molar-refractivity contribution in [3.63, 3.8) is 0 Å². The first-order chi connectivity index (χ1) is 13.4. The molecule has 8 nitrogen and oxygen atoms in total. The van der Waals surface area contributed by atoms with Crippen LogP contribution >= 0.6 is 0 Å². The molecule has 2 aromatic rings. The molecule has 0 atom stereocenters. The van der Waals surface area contributed by atoms with E-state index in [2.05, 4.69) is 0 Å². The van der Waals surface area contributed by atoms with E-state index in [0.717, 1.165) is 5.56 Å². The van der Waals surface area contributed by atoms with Gasteiger partial charge in [-0.1, -0.05) is 12.1 Å². The molecule has 1 heterocycles. The van der Waals surface area contributed by atoms with Crippen LogP contribution in [0.5, 0.6) is 11.5 Å². The number of benzene rings is 2. The van der Waals surface area contributed by atoms with Crippen LogP contribution in [0.15, 0.2) is 41.3 Å². The summed E-state index contributed by atoms with van der Waals surface area (Å²) in [5.41, 5.74) is 7.17. The van der Waals surface area contributed by atoms with Crippen molar-refractivity contribution in [2.45, 2.75) is 18.0 Å². The summed E-state index contributed by atoms with van der Waals surface area (Å²) in [7, 11) is -0.783. The monoisotopic (exact) mass is 406 g/mol. The molecule has 28 heavy (non-hydrogen) atoms. The average Bonchev–Trinajstić information content (AvgIpc) is 3.13. The summed E-state index contributed by atoms with van der Waals surface area (Å²) in [6.45, 7) is 0.873. The van der Waals surface area contributed by atoms with Crippen LogP contribution in [0, 0.1) is 0 Å². The van der Waals surface area contributed by atoms with E-state index in [4.69, 9.17) is 19.9 Å². The highest BCUT2D eigenvalue weighted by Crippen LogP contribution is 2.34. The zero-order valence-corrected chi connectivity index (χ0v) is 16.5. The number of fused-ring (bicyclic) bond motifs is 1. The molecular weight excluding hydrogens is 384 g/mol. The van der Waals surface area contributed by atoms with E-state index in [1.165, 1.54) is 23.5 Å². The highest BCUT2D eigenvalue weighted by molar-refractivity contribution is 7.89. The van der Waals surface area contributed by atoms with Gasteiger partial charge in [0.05, 0.1) is 18.6 Å². The van der Waals surface area contributed by atoms with Gasteiger partial charge in [-0.05, 0) is 29.3 Å². The van der Waals surface area contributed by atoms with Crippen LogP contribution in [0.3, 0.4) is 0 Å². The number of amides is 1. The molecule has 9 heteroatoms. The van der Waals surface area contributed by atoms with Crippen molar-refractivity contribution in [3.8, 4) is 11.5 Å². The van der Waals surface area contributed by atoms with Gasteiger partial charge in [0, 0.05) is 31.8 Å². The van der Waals surface area contributed by atoms with Gasteiger partial charge in [-0.2, -0.15) is 4.31 Å². The van der Waals surface area contributed by atoms with E-state index < -0.39 is 15.9 Å². The van der Waals surface area contributed by atoms with Crippen molar-refractivity contribution >= 4 is 15.9 Å². The Hall–Kier alpha value is -2.62. The van der Waals surface area contributed by atoms with E-state index in [0.29, 0.717) is 29.2 Å². The largest absolute Gasteiger partial charge is 0.493 e. The minimum Gasteiger partial charge on any atom is -0.493 e. The van der Waals surface area contributed by atoms with Crippen LogP contribution in [-0.4, -0.2) is 46.1 Å². The summed E-state index contributed by atoms with van der Waals surface area (Å²) in [5, 5.41) is 0. The average molecular weight is 406 g/mol. The minimum atomic E-state index is -3.81. The Balaban J connectivity index is 1.90. The molecule has 1 aliphatic rings. The molecule has 0 spiro atoms. The summed E-state index contributed by atoms with van der Waals surface area (Å²) in [6.07, 6.45) is 0. The molecule has 1 aliphatic heterocycles. The minimum absolute atomic E-state index is 0.0779. The van der Waals surface area contributed by atoms with Gasteiger partial charge in [-0.25, -0.2) is 8.42 Å². The van der Waals surface area contributed by atoms with Crippen molar-refractivity contribution in [1.82, 2.24) is 4.31 Å². The first-order valence-electron chi connectivity index (χ1n) is 8.59. The molecular formula is C19H22N2O6S. The van der Waals surface area contributed by atoms with Crippen molar-refractivity contribution in [2.24, 2.45) is 5.73 Å². The lowest BCUT2D eigenvalue weighted by molar-refractivity contribution is 0.0999. The van der Waals surface area contributed by atoms with Crippen LogP contribution in [0.2, 0.25) is 0 Å². The molecule has 0 unspecified atom stereocenters. The fourth-order valence-corrected chi connectivity index (χ4v) is 4.51. The first kappa shape index (κ1) is 20.1. The molecule has 2 aromatic carbocycles. The number of carbonyl (C=O) groups excluding carboxylic acids is 1.